The Kier molecular flexibility index (Phi) is 5.37. The molecule has 0 bridgehead atoms. The van der Waals surface area contributed by atoms with Crippen molar-refractivity contribution in [3.05, 3.63) is 22.2 Å². The lowest BCUT2D eigenvalue weighted by Gasteiger charge is -2.38. The highest BCUT2D eigenvalue weighted by Crippen LogP contribution is 2.44. The Morgan fingerprint density at radius 3 is 2.58 bits per heavy atom. The first-order valence-electron chi connectivity index (χ1n) is 8.58. The van der Waals surface area contributed by atoms with Crippen LogP contribution in [0.4, 0.5) is 0 Å². The summed E-state index contributed by atoms with van der Waals surface area (Å²) in [5, 5.41) is 9.53. The molecule has 1 N–H and O–H groups in total. The molecule has 1 atom stereocenters. The standard InChI is InChI=1S/C17H22ClNO6S/c1-3-26(22,23)19-6-4-11(5-7-19)14-9-24-16-13(18)8-12(17(20)21)10(2)15(16)25-14/h8,11,14H,3-7,9H2,1-2H3,(H,20,21)/t14-/m1/s1. The third-order valence-corrected chi connectivity index (χ3v) is 7.28. The summed E-state index contributed by atoms with van der Waals surface area (Å²) < 4.78 is 37.3. The Hall–Kier alpha value is -1.51. The highest BCUT2D eigenvalue weighted by molar-refractivity contribution is 7.89. The molecule has 1 aromatic rings. The molecule has 0 unspecified atom stereocenters. The zero-order chi connectivity index (χ0) is 19.1. The van der Waals surface area contributed by atoms with Crippen LogP contribution in [0.15, 0.2) is 6.07 Å². The van der Waals surface area contributed by atoms with Gasteiger partial charge in [0.1, 0.15) is 12.7 Å². The van der Waals surface area contributed by atoms with Gasteiger partial charge in [-0.15, -0.1) is 0 Å². The summed E-state index contributed by atoms with van der Waals surface area (Å²) in [6.45, 7) is 4.54. The van der Waals surface area contributed by atoms with Gasteiger partial charge < -0.3 is 14.6 Å². The molecule has 2 aliphatic heterocycles. The fraction of sp³-hybridized carbons (Fsp3) is 0.588. The number of benzene rings is 1. The average molecular weight is 404 g/mol. The van der Waals surface area contributed by atoms with Crippen molar-refractivity contribution in [2.75, 3.05) is 25.4 Å². The molecule has 0 radical (unpaired) electrons. The first-order chi connectivity index (χ1) is 12.2. The van der Waals surface area contributed by atoms with E-state index in [1.165, 1.54) is 10.4 Å². The van der Waals surface area contributed by atoms with Crippen LogP contribution in [-0.4, -0.2) is 55.4 Å². The van der Waals surface area contributed by atoms with E-state index in [1.54, 1.807) is 13.8 Å². The van der Waals surface area contributed by atoms with E-state index in [-0.39, 0.29) is 28.4 Å². The van der Waals surface area contributed by atoms with E-state index in [9.17, 15) is 18.3 Å². The quantitative estimate of drug-likeness (QED) is 0.830. The topological polar surface area (TPSA) is 93.1 Å². The molecule has 1 aromatic carbocycles. The lowest BCUT2D eigenvalue weighted by atomic mass is 9.91. The summed E-state index contributed by atoms with van der Waals surface area (Å²) in [5.41, 5.74) is 0.564. The summed E-state index contributed by atoms with van der Waals surface area (Å²) in [6.07, 6.45) is 1.09. The molecule has 144 valence electrons. The van der Waals surface area contributed by atoms with Gasteiger partial charge in [-0.05, 0) is 32.8 Å². The Balaban J connectivity index is 1.76. The first-order valence-corrected chi connectivity index (χ1v) is 10.6. The van der Waals surface area contributed by atoms with Crippen molar-refractivity contribution in [3.8, 4) is 11.5 Å². The van der Waals surface area contributed by atoms with Crippen LogP contribution < -0.4 is 9.47 Å². The minimum Gasteiger partial charge on any atom is -0.484 e. The zero-order valence-corrected chi connectivity index (χ0v) is 16.3. The normalized spacial score (nSPS) is 21.6. The third kappa shape index (κ3) is 3.50. The minimum absolute atomic E-state index is 0.0851. The van der Waals surface area contributed by atoms with Crippen LogP contribution in [0.25, 0.3) is 0 Å². The van der Waals surface area contributed by atoms with E-state index in [0.717, 1.165) is 0 Å². The number of nitrogens with zero attached hydrogens (tertiary/aromatic N) is 1. The first kappa shape index (κ1) is 19.3. The van der Waals surface area contributed by atoms with Gasteiger partial charge in [0.2, 0.25) is 10.0 Å². The molecule has 1 fully saturated rings. The van der Waals surface area contributed by atoms with Gasteiger partial charge in [0.25, 0.3) is 0 Å². The number of sulfonamides is 1. The number of ether oxygens (including phenoxy) is 2. The summed E-state index contributed by atoms with van der Waals surface area (Å²) in [4.78, 5) is 11.4. The molecule has 26 heavy (non-hydrogen) atoms. The Morgan fingerprint density at radius 1 is 1.35 bits per heavy atom. The molecule has 0 aliphatic carbocycles. The number of rotatable bonds is 4. The van der Waals surface area contributed by atoms with Gasteiger partial charge in [0.05, 0.1) is 16.3 Å². The zero-order valence-electron chi connectivity index (χ0n) is 14.7. The van der Waals surface area contributed by atoms with Crippen LogP contribution in [0.2, 0.25) is 5.02 Å². The van der Waals surface area contributed by atoms with Gasteiger partial charge in [-0.1, -0.05) is 11.6 Å². The average Bonchev–Trinajstić information content (AvgIpc) is 2.64. The van der Waals surface area contributed by atoms with E-state index < -0.39 is 16.0 Å². The van der Waals surface area contributed by atoms with Crippen LogP contribution in [0.5, 0.6) is 11.5 Å². The number of carboxylic acids is 1. The summed E-state index contributed by atoms with van der Waals surface area (Å²) in [5.74, 6) is -0.0932. The van der Waals surface area contributed by atoms with E-state index in [1.807, 2.05) is 0 Å². The lowest BCUT2D eigenvalue weighted by Crippen LogP contribution is -2.45. The molecule has 0 spiro atoms. The van der Waals surface area contributed by atoms with E-state index in [4.69, 9.17) is 21.1 Å². The van der Waals surface area contributed by atoms with Gasteiger partial charge in [-0.25, -0.2) is 17.5 Å². The number of hydrogen-bond acceptors (Lipinski definition) is 5. The van der Waals surface area contributed by atoms with Gasteiger partial charge in [0, 0.05) is 24.6 Å². The van der Waals surface area contributed by atoms with Gasteiger partial charge in [-0.2, -0.15) is 0 Å². The van der Waals surface area contributed by atoms with Crippen molar-refractivity contribution in [2.45, 2.75) is 32.8 Å². The minimum atomic E-state index is -3.17. The van der Waals surface area contributed by atoms with Gasteiger partial charge >= 0.3 is 5.97 Å². The maximum absolute atomic E-state index is 12.0. The molecule has 9 heteroatoms. The fourth-order valence-corrected chi connectivity index (χ4v) is 4.87. The number of carbonyl (C=O) groups is 1. The van der Waals surface area contributed by atoms with Crippen molar-refractivity contribution in [2.24, 2.45) is 5.92 Å². The smallest absolute Gasteiger partial charge is 0.336 e. The summed E-state index contributed by atoms with van der Waals surface area (Å²) in [6, 6.07) is 1.37. The van der Waals surface area contributed by atoms with Crippen LogP contribution in [0.3, 0.4) is 0 Å². The number of halogens is 1. The molecule has 7 nitrogen and oxygen atoms in total. The fourth-order valence-electron chi connectivity index (χ4n) is 3.49. The Labute approximate surface area is 157 Å². The van der Waals surface area contributed by atoms with E-state index >= 15 is 0 Å². The van der Waals surface area contributed by atoms with Crippen molar-refractivity contribution in [3.63, 3.8) is 0 Å². The second-order valence-corrected chi connectivity index (χ2v) is 9.26. The monoisotopic (exact) mass is 403 g/mol. The number of fused-ring (bicyclic) bond motifs is 1. The van der Waals surface area contributed by atoms with Crippen molar-refractivity contribution >= 4 is 27.6 Å². The molecular weight excluding hydrogens is 382 g/mol. The van der Waals surface area contributed by atoms with E-state index in [0.29, 0.717) is 49.6 Å². The predicted molar refractivity (Wildman–Crippen MR) is 96.8 cm³/mol. The van der Waals surface area contributed by atoms with Crippen LogP contribution in [-0.2, 0) is 10.0 Å². The summed E-state index contributed by atoms with van der Waals surface area (Å²) in [7, 11) is -3.17. The number of aromatic carboxylic acids is 1. The van der Waals surface area contributed by atoms with Crippen LogP contribution in [0.1, 0.15) is 35.7 Å². The van der Waals surface area contributed by atoms with Gasteiger partial charge in [-0.3, -0.25) is 0 Å². The Morgan fingerprint density at radius 2 is 2.00 bits per heavy atom. The Bertz CT molecular complexity index is 817. The maximum atomic E-state index is 12.0. The molecule has 2 aliphatic rings. The summed E-state index contributed by atoms with van der Waals surface area (Å²) >= 11 is 6.14. The molecule has 0 saturated carbocycles. The van der Waals surface area contributed by atoms with Crippen LogP contribution in [0, 0.1) is 12.8 Å². The van der Waals surface area contributed by atoms with Crippen molar-refractivity contribution < 1.29 is 27.8 Å². The van der Waals surface area contributed by atoms with Crippen molar-refractivity contribution in [1.29, 1.82) is 0 Å². The molecule has 2 heterocycles. The number of piperidine rings is 1. The molecule has 0 amide bonds. The molecule has 1 saturated heterocycles. The molecular formula is C17H22ClNO6S. The second kappa shape index (κ2) is 7.25. The maximum Gasteiger partial charge on any atom is 0.336 e. The lowest BCUT2D eigenvalue weighted by molar-refractivity contribution is 0.0289. The molecule has 3 rings (SSSR count). The van der Waals surface area contributed by atoms with Crippen molar-refractivity contribution in [1.82, 2.24) is 4.31 Å². The molecule has 0 aromatic heterocycles. The van der Waals surface area contributed by atoms with Gasteiger partial charge in [0.15, 0.2) is 11.5 Å². The second-order valence-electron chi connectivity index (χ2n) is 6.60. The number of carboxylic acid groups (broad SMARTS) is 1. The highest BCUT2D eigenvalue weighted by atomic mass is 35.5. The number of hydrogen-bond donors (Lipinski definition) is 1. The van der Waals surface area contributed by atoms with E-state index in [2.05, 4.69) is 0 Å². The predicted octanol–water partition coefficient (Wildman–Crippen LogP) is 2.55. The largest absolute Gasteiger partial charge is 0.484 e. The van der Waals surface area contributed by atoms with Crippen LogP contribution >= 0.6 is 11.6 Å². The third-order valence-electron chi connectivity index (χ3n) is 5.11. The highest BCUT2D eigenvalue weighted by Gasteiger charge is 2.36. The SMILES string of the molecule is CCS(=O)(=O)N1CCC([C@H]2COc3c(Cl)cc(C(=O)O)c(C)c3O2)CC1.